The predicted molar refractivity (Wildman–Crippen MR) is 60.5 cm³/mol. The minimum atomic E-state index is -0.442. The number of benzene rings is 1. The Morgan fingerprint density at radius 2 is 1.50 bits per heavy atom. The molecule has 0 saturated heterocycles. The molecule has 0 aliphatic heterocycles. The van der Waals surface area contributed by atoms with Crippen LogP contribution in [0.4, 0.5) is 0 Å². The summed E-state index contributed by atoms with van der Waals surface area (Å²) in [6.45, 7) is 5.27. The second-order valence-electron chi connectivity index (χ2n) is 2.39. The van der Waals surface area contributed by atoms with E-state index in [2.05, 4.69) is 15.9 Å². The van der Waals surface area contributed by atoms with Crippen LogP contribution in [0.3, 0.4) is 0 Å². The first-order valence-electron chi connectivity index (χ1n) is 4.42. The van der Waals surface area contributed by atoms with E-state index in [-0.39, 0.29) is 0 Å². The highest BCUT2D eigenvalue weighted by Crippen LogP contribution is 2.10. The highest BCUT2D eigenvalue weighted by atomic mass is 79.9. The van der Waals surface area contributed by atoms with Crippen molar-refractivity contribution >= 4 is 27.5 Å². The third-order valence-electron chi connectivity index (χ3n) is 1.43. The molecule has 0 radical (unpaired) electrons. The molecule has 0 amide bonds. The first-order valence-corrected chi connectivity index (χ1v) is 5.21. The van der Waals surface area contributed by atoms with E-state index in [1.54, 1.807) is 24.3 Å². The predicted octanol–water partition coefficient (Wildman–Crippen LogP) is 3.25. The fourth-order valence-corrected chi connectivity index (χ4v) is 1.07. The molecule has 14 heavy (non-hydrogen) atoms. The van der Waals surface area contributed by atoms with Crippen LogP contribution in [0.25, 0.3) is 0 Å². The first-order chi connectivity index (χ1) is 6.61. The maximum absolute atomic E-state index is 11.1. The third kappa shape index (κ3) is 3.83. The SMILES string of the molecule is CC.CC(=O)C(=O)c1ccc(Br)cc1. The second kappa shape index (κ2) is 6.49. The van der Waals surface area contributed by atoms with Gasteiger partial charge < -0.3 is 0 Å². The number of carbonyl (C=O) groups is 2. The monoisotopic (exact) mass is 256 g/mol. The van der Waals surface area contributed by atoms with Gasteiger partial charge in [-0.05, 0) is 24.3 Å². The van der Waals surface area contributed by atoms with Gasteiger partial charge in [-0.1, -0.05) is 29.8 Å². The summed E-state index contributed by atoms with van der Waals surface area (Å²) in [6, 6.07) is 6.70. The first kappa shape index (κ1) is 13.0. The summed E-state index contributed by atoms with van der Waals surface area (Å²) in [4.78, 5) is 21.8. The van der Waals surface area contributed by atoms with Crippen molar-refractivity contribution in [1.29, 1.82) is 0 Å². The van der Waals surface area contributed by atoms with Crippen molar-refractivity contribution in [2.75, 3.05) is 0 Å². The zero-order chi connectivity index (χ0) is 11.1. The molecule has 0 spiro atoms. The number of hydrogen-bond acceptors (Lipinski definition) is 2. The number of halogens is 1. The molecule has 0 heterocycles. The third-order valence-corrected chi connectivity index (χ3v) is 1.95. The Morgan fingerprint density at radius 1 is 1.07 bits per heavy atom. The zero-order valence-electron chi connectivity index (χ0n) is 8.50. The smallest absolute Gasteiger partial charge is 0.228 e. The molecule has 2 nitrogen and oxygen atoms in total. The summed E-state index contributed by atoms with van der Waals surface area (Å²) in [5.74, 6) is -0.875. The molecule has 0 unspecified atom stereocenters. The van der Waals surface area contributed by atoms with Crippen LogP contribution in [0.2, 0.25) is 0 Å². The summed E-state index contributed by atoms with van der Waals surface area (Å²) < 4.78 is 0.891. The van der Waals surface area contributed by atoms with Crippen LogP contribution < -0.4 is 0 Å². The van der Waals surface area contributed by atoms with Gasteiger partial charge in [0.1, 0.15) is 0 Å². The van der Waals surface area contributed by atoms with Gasteiger partial charge in [0.25, 0.3) is 0 Å². The van der Waals surface area contributed by atoms with Gasteiger partial charge in [0.2, 0.25) is 5.78 Å². The molecule has 0 aromatic heterocycles. The highest BCUT2D eigenvalue weighted by Gasteiger charge is 2.09. The van der Waals surface area contributed by atoms with Crippen molar-refractivity contribution in [2.45, 2.75) is 20.8 Å². The number of hydrogen-bond donors (Lipinski definition) is 0. The van der Waals surface area contributed by atoms with Crippen molar-refractivity contribution in [3.8, 4) is 0 Å². The Kier molecular flexibility index (Phi) is 6.04. The molecule has 0 fully saturated rings. The van der Waals surface area contributed by atoms with Gasteiger partial charge in [-0.15, -0.1) is 0 Å². The molecular formula is C11H13BrO2. The highest BCUT2D eigenvalue weighted by molar-refractivity contribution is 9.10. The lowest BCUT2D eigenvalue weighted by molar-refractivity contribution is -0.113. The maximum atomic E-state index is 11.1. The van der Waals surface area contributed by atoms with Crippen LogP contribution >= 0.6 is 15.9 Å². The molecule has 0 aliphatic carbocycles. The van der Waals surface area contributed by atoms with Crippen LogP contribution in [0.5, 0.6) is 0 Å². The van der Waals surface area contributed by atoms with Crippen LogP contribution in [-0.2, 0) is 4.79 Å². The van der Waals surface area contributed by atoms with Crippen LogP contribution in [0.1, 0.15) is 31.1 Å². The van der Waals surface area contributed by atoms with Gasteiger partial charge in [-0.25, -0.2) is 0 Å². The van der Waals surface area contributed by atoms with E-state index >= 15 is 0 Å². The van der Waals surface area contributed by atoms with E-state index in [4.69, 9.17) is 0 Å². The lowest BCUT2D eigenvalue weighted by atomic mass is 10.1. The summed E-state index contributed by atoms with van der Waals surface area (Å²) in [6.07, 6.45) is 0. The quantitative estimate of drug-likeness (QED) is 0.602. The van der Waals surface area contributed by atoms with E-state index in [1.165, 1.54) is 6.92 Å². The number of rotatable bonds is 2. The molecule has 0 N–H and O–H groups in total. The van der Waals surface area contributed by atoms with Gasteiger partial charge in [-0.3, -0.25) is 9.59 Å². The van der Waals surface area contributed by atoms with Crippen molar-refractivity contribution in [2.24, 2.45) is 0 Å². The van der Waals surface area contributed by atoms with Crippen molar-refractivity contribution < 1.29 is 9.59 Å². The average Bonchev–Trinajstić information content (AvgIpc) is 2.21. The van der Waals surface area contributed by atoms with E-state index in [1.807, 2.05) is 13.8 Å². The minimum Gasteiger partial charge on any atom is -0.291 e. The van der Waals surface area contributed by atoms with Gasteiger partial charge >= 0.3 is 0 Å². The van der Waals surface area contributed by atoms with E-state index in [0.717, 1.165) is 4.47 Å². The van der Waals surface area contributed by atoms with Crippen LogP contribution in [0.15, 0.2) is 28.7 Å². The number of carbonyl (C=O) groups excluding carboxylic acids is 2. The molecule has 0 saturated carbocycles. The van der Waals surface area contributed by atoms with E-state index in [0.29, 0.717) is 5.56 Å². The van der Waals surface area contributed by atoms with Gasteiger partial charge in [0, 0.05) is 17.0 Å². The molecule has 1 aromatic rings. The summed E-state index contributed by atoms with van der Waals surface area (Å²) in [5.41, 5.74) is 0.436. The Labute approximate surface area is 92.5 Å². The molecule has 1 aromatic carbocycles. The topological polar surface area (TPSA) is 34.1 Å². The summed E-state index contributed by atoms with van der Waals surface area (Å²) >= 11 is 3.24. The molecule has 0 atom stereocenters. The fourth-order valence-electron chi connectivity index (χ4n) is 0.805. The lowest BCUT2D eigenvalue weighted by Gasteiger charge is -1.95. The van der Waals surface area contributed by atoms with Crippen molar-refractivity contribution in [1.82, 2.24) is 0 Å². The summed E-state index contributed by atoms with van der Waals surface area (Å²) in [7, 11) is 0. The average molecular weight is 257 g/mol. The molecule has 0 bridgehead atoms. The number of Topliss-reactive ketones (excluding diaryl/α,β-unsaturated/α-hetero) is 2. The fraction of sp³-hybridized carbons (Fsp3) is 0.273. The zero-order valence-corrected chi connectivity index (χ0v) is 10.1. The summed E-state index contributed by atoms with van der Waals surface area (Å²) in [5, 5.41) is 0. The van der Waals surface area contributed by atoms with Crippen molar-refractivity contribution in [3.05, 3.63) is 34.3 Å². The minimum absolute atomic E-state index is 0.433. The molecule has 0 aliphatic rings. The van der Waals surface area contributed by atoms with E-state index in [9.17, 15) is 9.59 Å². The Hall–Kier alpha value is -0.960. The molecule has 76 valence electrons. The Bertz CT molecular complexity index is 315. The van der Waals surface area contributed by atoms with Gasteiger partial charge in [0.05, 0.1) is 0 Å². The van der Waals surface area contributed by atoms with E-state index < -0.39 is 11.6 Å². The van der Waals surface area contributed by atoms with Crippen molar-refractivity contribution in [3.63, 3.8) is 0 Å². The largest absolute Gasteiger partial charge is 0.291 e. The van der Waals surface area contributed by atoms with Gasteiger partial charge in [0.15, 0.2) is 5.78 Å². The maximum Gasteiger partial charge on any atom is 0.228 e. The standard InChI is InChI=1S/C9H7BrO2.C2H6/c1-6(11)9(12)7-2-4-8(10)5-3-7;1-2/h2-5H,1H3;1-2H3. The molecular weight excluding hydrogens is 244 g/mol. The molecule has 3 heteroatoms. The van der Waals surface area contributed by atoms with Crippen LogP contribution in [0, 0.1) is 0 Å². The van der Waals surface area contributed by atoms with Crippen LogP contribution in [-0.4, -0.2) is 11.6 Å². The Morgan fingerprint density at radius 3 is 1.86 bits per heavy atom. The second-order valence-corrected chi connectivity index (χ2v) is 3.31. The number of ketones is 2. The normalized spacial score (nSPS) is 8.57. The Balaban J connectivity index is 0.000000791. The molecule has 1 rings (SSSR count). The lowest BCUT2D eigenvalue weighted by Crippen LogP contribution is -2.08. The van der Waals surface area contributed by atoms with Gasteiger partial charge in [-0.2, -0.15) is 0 Å².